The van der Waals surface area contributed by atoms with Crippen molar-refractivity contribution in [2.24, 2.45) is 0 Å². The van der Waals surface area contributed by atoms with E-state index >= 15 is 0 Å². The molecule has 2 aromatic rings. The van der Waals surface area contributed by atoms with Gasteiger partial charge in [0.15, 0.2) is 0 Å². The third-order valence-corrected chi connectivity index (χ3v) is 4.25. The molecular formula is C18H20N2O2S. The molecule has 2 aromatic carbocycles. The summed E-state index contributed by atoms with van der Waals surface area (Å²) in [5.74, 6) is -0.136. The standard InChI is InChI=1S/C18H20N2O2S/c1-12-5-4-6-16(11-12)20-18(22)13(2)23-17-9-7-15(8-10-17)19-14(3)21/h4-11,13H,1-3H3,(H,19,21)(H,20,22)/t13-/m0/s1. The van der Waals surface area contributed by atoms with Gasteiger partial charge in [-0.1, -0.05) is 12.1 Å². The minimum absolute atomic E-state index is 0.0356. The van der Waals surface area contributed by atoms with Crippen LogP contribution in [0.3, 0.4) is 0 Å². The maximum atomic E-state index is 12.3. The monoisotopic (exact) mass is 328 g/mol. The van der Waals surface area contributed by atoms with E-state index in [0.29, 0.717) is 0 Å². The summed E-state index contributed by atoms with van der Waals surface area (Å²) >= 11 is 1.48. The molecule has 0 heterocycles. The molecule has 120 valence electrons. The van der Waals surface area contributed by atoms with Crippen LogP contribution in [0.1, 0.15) is 19.4 Å². The first-order chi connectivity index (χ1) is 10.9. The molecule has 0 spiro atoms. The molecule has 0 aliphatic carbocycles. The van der Waals surface area contributed by atoms with E-state index in [1.807, 2.05) is 62.4 Å². The van der Waals surface area contributed by atoms with E-state index in [2.05, 4.69) is 10.6 Å². The Morgan fingerprint density at radius 3 is 2.30 bits per heavy atom. The lowest BCUT2D eigenvalue weighted by Gasteiger charge is -2.13. The fourth-order valence-electron chi connectivity index (χ4n) is 2.04. The Bertz CT molecular complexity index is 698. The summed E-state index contributed by atoms with van der Waals surface area (Å²) in [6.45, 7) is 5.34. The smallest absolute Gasteiger partial charge is 0.237 e. The van der Waals surface area contributed by atoms with Crippen LogP contribution in [0.4, 0.5) is 11.4 Å². The molecule has 0 saturated heterocycles. The van der Waals surface area contributed by atoms with Gasteiger partial charge in [-0.2, -0.15) is 0 Å². The average molecular weight is 328 g/mol. The van der Waals surface area contributed by atoms with Gasteiger partial charge >= 0.3 is 0 Å². The van der Waals surface area contributed by atoms with Crippen LogP contribution in [0.25, 0.3) is 0 Å². The number of nitrogens with one attached hydrogen (secondary N) is 2. The molecule has 0 bridgehead atoms. The summed E-state index contributed by atoms with van der Waals surface area (Å²) in [7, 11) is 0. The lowest BCUT2D eigenvalue weighted by atomic mass is 10.2. The molecule has 0 aromatic heterocycles. The number of aryl methyl sites for hydroxylation is 1. The maximum absolute atomic E-state index is 12.3. The minimum Gasteiger partial charge on any atom is -0.326 e. The van der Waals surface area contributed by atoms with Crippen molar-refractivity contribution in [2.45, 2.75) is 30.9 Å². The highest BCUT2D eigenvalue weighted by Crippen LogP contribution is 2.25. The van der Waals surface area contributed by atoms with Gasteiger partial charge in [-0.3, -0.25) is 9.59 Å². The Balaban J connectivity index is 1.94. The number of thioether (sulfide) groups is 1. The molecule has 1 atom stereocenters. The third-order valence-electron chi connectivity index (χ3n) is 3.14. The van der Waals surface area contributed by atoms with Crippen LogP contribution in [-0.4, -0.2) is 17.1 Å². The number of anilines is 2. The Kier molecular flexibility index (Phi) is 5.82. The third kappa shape index (κ3) is 5.45. The first kappa shape index (κ1) is 17.1. The summed E-state index contributed by atoms with van der Waals surface area (Å²) in [5, 5.41) is 5.42. The first-order valence-corrected chi connectivity index (χ1v) is 8.24. The Hall–Kier alpha value is -2.27. The number of hydrogen-bond donors (Lipinski definition) is 2. The number of carbonyl (C=O) groups excluding carboxylic acids is 2. The predicted octanol–water partition coefficient (Wildman–Crippen LogP) is 4.07. The van der Waals surface area contributed by atoms with Crippen molar-refractivity contribution in [2.75, 3.05) is 10.6 Å². The van der Waals surface area contributed by atoms with E-state index in [4.69, 9.17) is 0 Å². The van der Waals surface area contributed by atoms with E-state index < -0.39 is 0 Å². The van der Waals surface area contributed by atoms with E-state index in [-0.39, 0.29) is 17.1 Å². The zero-order chi connectivity index (χ0) is 16.8. The topological polar surface area (TPSA) is 58.2 Å². The summed E-state index contributed by atoms with van der Waals surface area (Å²) in [5.41, 5.74) is 2.67. The molecule has 0 fully saturated rings. The molecule has 5 heteroatoms. The van der Waals surface area contributed by atoms with Crippen LogP contribution < -0.4 is 10.6 Å². The van der Waals surface area contributed by atoms with Crippen molar-refractivity contribution in [3.63, 3.8) is 0 Å². The Labute approximate surface area is 140 Å². The van der Waals surface area contributed by atoms with Crippen LogP contribution in [0.5, 0.6) is 0 Å². The largest absolute Gasteiger partial charge is 0.326 e. The van der Waals surface area contributed by atoms with Gasteiger partial charge in [0.05, 0.1) is 5.25 Å². The number of benzene rings is 2. The average Bonchev–Trinajstić information content (AvgIpc) is 2.48. The normalized spacial score (nSPS) is 11.6. The summed E-state index contributed by atoms with van der Waals surface area (Å²) in [6.07, 6.45) is 0. The van der Waals surface area contributed by atoms with Crippen molar-refractivity contribution in [1.82, 2.24) is 0 Å². The van der Waals surface area contributed by atoms with E-state index in [1.165, 1.54) is 18.7 Å². The van der Waals surface area contributed by atoms with Crippen LogP contribution >= 0.6 is 11.8 Å². The first-order valence-electron chi connectivity index (χ1n) is 7.36. The Morgan fingerprint density at radius 2 is 1.70 bits per heavy atom. The predicted molar refractivity (Wildman–Crippen MR) is 95.9 cm³/mol. The van der Waals surface area contributed by atoms with Crippen molar-refractivity contribution in [3.8, 4) is 0 Å². The lowest BCUT2D eigenvalue weighted by molar-refractivity contribution is -0.115. The van der Waals surface area contributed by atoms with Gasteiger partial charge in [-0.15, -0.1) is 11.8 Å². The van der Waals surface area contributed by atoms with Crippen LogP contribution in [-0.2, 0) is 9.59 Å². The number of amides is 2. The summed E-state index contributed by atoms with van der Waals surface area (Å²) in [4.78, 5) is 24.2. The van der Waals surface area contributed by atoms with Crippen LogP contribution in [0, 0.1) is 6.92 Å². The van der Waals surface area contributed by atoms with Crippen molar-refractivity contribution in [3.05, 3.63) is 54.1 Å². The Morgan fingerprint density at radius 1 is 1.00 bits per heavy atom. The van der Waals surface area contributed by atoms with Crippen molar-refractivity contribution >= 4 is 35.0 Å². The van der Waals surface area contributed by atoms with Gasteiger partial charge in [-0.25, -0.2) is 0 Å². The van der Waals surface area contributed by atoms with Gasteiger partial charge in [0.2, 0.25) is 11.8 Å². The molecule has 0 saturated carbocycles. The molecule has 2 rings (SSSR count). The quantitative estimate of drug-likeness (QED) is 0.813. The van der Waals surface area contributed by atoms with Gasteiger partial charge in [0.25, 0.3) is 0 Å². The molecular weight excluding hydrogens is 308 g/mol. The van der Waals surface area contributed by atoms with Crippen molar-refractivity contribution < 1.29 is 9.59 Å². The second kappa shape index (κ2) is 7.83. The van der Waals surface area contributed by atoms with Crippen molar-refractivity contribution in [1.29, 1.82) is 0 Å². The SMILES string of the molecule is CC(=O)Nc1ccc(S[C@@H](C)C(=O)Nc2cccc(C)c2)cc1. The minimum atomic E-state index is -0.220. The molecule has 4 nitrogen and oxygen atoms in total. The second-order valence-electron chi connectivity index (χ2n) is 5.32. The van der Waals surface area contributed by atoms with E-state index in [0.717, 1.165) is 21.8 Å². The highest BCUT2D eigenvalue weighted by molar-refractivity contribution is 8.00. The molecule has 2 amide bonds. The van der Waals surface area contributed by atoms with Crippen LogP contribution in [0.2, 0.25) is 0 Å². The molecule has 0 aliphatic heterocycles. The van der Waals surface area contributed by atoms with E-state index in [1.54, 1.807) is 0 Å². The number of hydrogen-bond acceptors (Lipinski definition) is 3. The summed E-state index contributed by atoms with van der Waals surface area (Å²) in [6, 6.07) is 15.2. The molecule has 0 radical (unpaired) electrons. The number of carbonyl (C=O) groups is 2. The molecule has 2 N–H and O–H groups in total. The molecule has 0 unspecified atom stereocenters. The molecule has 23 heavy (non-hydrogen) atoms. The van der Waals surface area contributed by atoms with Gasteiger partial charge in [0.1, 0.15) is 0 Å². The van der Waals surface area contributed by atoms with Gasteiger partial charge < -0.3 is 10.6 Å². The second-order valence-corrected chi connectivity index (χ2v) is 6.74. The highest BCUT2D eigenvalue weighted by Gasteiger charge is 2.14. The maximum Gasteiger partial charge on any atom is 0.237 e. The number of rotatable bonds is 5. The highest BCUT2D eigenvalue weighted by atomic mass is 32.2. The zero-order valence-corrected chi connectivity index (χ0v) is 14.2. The molecule has 0 aliphatic rings. The van der Waals surface area contributed by atoms with E-state index in [9.17, 15) is 9.59 Å². The van der Waals surface area contributed by atoms with Gasteiger partial charge in [-0.05, 0) is 55.8 Å². The summed E-state index contributed by atoms with van der Waals surface area (Å²) < 4.78 is 0. The fraction of sp³-hybridized carbons (Fsp3) is 0.222. The van der Waals surface area contributed by atoms with Gasteiger partial charge in [0, 0.05) is 23.2 Å². The zero-order valence-electron chi connectivity index (χ0n) is 13.4. The lowest BCUT2D eigenvalue weighted by Crippen LogP contribution is -2.22. The fourth-order valence-corrected chi connectivity index (χ4v) is 2.91. The van der Waals surface area contributed by atoms with Crippen LogP contribution in [0.15, 0.2) is 53.4 Å².